The summed E-state index contributed by atoms with van der Waals surface area (Å²) < 4.78 is 56.2. The van der Waals surface area contributed by atoms with E-state index in [1.54, 1.807) is 24.3 Å². The molecule has 0 bridgehead atoms. The van der Waals surface area contributed by atoms with E-state index < -0.39 is 26.6 Å². The topological polar surface area (TPSA) is 98.7 Å². The highest BCUT2D eigenvalue weighted by Crippen LogP contribution is 2.48. The second kappa shape index (κ2) is 9.86. The smallest absolute Gasteiger partial charge is 0.255 e. The van der Waals surface area contributed by atoms with E-state index in [4.69, 9.17) is 21.1 Å². The highest BCUT2D eigenvalue weighted by atomic mass is 127. The predicted molar refractivity (Wildman–Crippen MR) is 142 cm³/mol. The summed E-state index contributed by atoms with van der Waals surface area (Å²) in [6, 6.07) is 10.8. The van der Waals surface area contributed by atoms with Gasteiger partial charge in [-0.3, -0.25) is 14.1 Å². The van der Waals surface area contributed by atoms with E-state index in [1.165, 1.54) is 44.0 Å². The summed E-state index contributed by atoms with van der Waals surface area (Å²) in [4.78, 5) is 12.5. The maximum Gasteiger partial charge on any atom is 0.255 e. The largest absolute Gasteiger partial charge is 0.495 e. The van der Waals surface area contributed by atoms with Crippen molar-refractivity contribution in [3.63, 3.8) is 0 Å². The molecular weight excluding hydrogens is 612 g/mol. The fourth-order valence-corrected chi connectivity index (χ4v) is 6.12. The first-order chi connectivity index (χ1) is 16.6. The van der Waals surface area contributed by atoms with Crippen molar-refractivity contribution in [1.82, 2.24) is 4.57 Å². The molecular formula is C23H22ClFIN3O5S. The van der Waals surface area contributed by atoms with Crippen molar-refractivity contribution in [2.24, 2.45) is 7.05 Å². The fraction of sp³-hybridized carbons (Fsp3) is 0.261. The number of hydrogen-bond acceptors (Lipinski definition) is 6. The summed E-state index contributed by atoms with van der Waals surface area (Å²) in [5, 5.41) is 2.55. The molecule has 8 nitrogen and oxygen atoms in total. The maximum absolute atomic E-state index is 14.5. The SMILES string of the molecule is COc1cc(C2CC2S(=O)(=O)Nc2c(OC)cc(=O)n(C)c2Nc2ccc(I)cc2F)ccc1Cl. The zero-order valence-electron chi connectivity index (χ0n) is 18.9. The highest BCUT2D eigenvalue weighted by molar-refractivity contribution is 14.1. The van der Waals surface area contributed by atoms with Crippen molar-refractivity contribution in [3.05, 3.63) is 72.8 Å². The van der Waals surface area contributed by atoms with Crippen LogP contribution in [0.4, 0.5) is 21.6 Å². The molecule has 0 amide bonds. The van der Waals surface area contributed by atoms with Gasteiger partial charge in [0, 0.05) is 22.6 Å². The summed E-state index contributed by atoms with van der Waals surface area (Å²) in [5.41, 5.74) is 0.405. The number of anilines is 3. The lowest BCUT2D eigenvalue weighted by Gasteiger charge is -2.20. The Morgan fingerprint density at radius 1 is 1.11 bits per heavy atom. The summed E-state index contributed by atoms with van der Waals surface area (Å²) in [6.07, 6.45) is 0.392. The Bertz CT molecular complexity index is 1460. The van der Waals surface area contributed by atoms with Crippen molar-refractivity contribution < 1.29 is 22.3 Å². The number of halogens is 3. The van der Waals surface area contributed by atoms with Crippen molar-refractivity contribution in [2.45, 2.75) is 17.6 Å². The molecule has 1 aromatic heterocycles. The quantitative estimate of drug-likeness (QED) is 0.345. The molecule has 1 fully saturated rings. The Labute approximate surface area is 220 Å². The molecule has 1 saturated carbocycles. The molecule has 2 atom stereocenters. The molecule has 0 saturated heterocycles. The molecule has 2 unspecified atom stereocenters. The van der Waals surface area contributed by atoms with Crippen LogP contribution in [-0.4, -0.2) is 32.5 Å². The lowest BCUT2D eigenvalue weighted by molar-refractivity contribution is 0.414. The molecule has 0 radical (unpaired) electrons. The number of sulfonamides is 1. The predicted octanol–water partition coefficient (Wildman–Crippen LogP) is 4.84. The van der Waals surface area contributed by atoms with E-state index in [9.17, 15) is 17.6 Å². The Morgan fingerprint density at radius 2 is 1.83 bits per heavy atom. The fourth-order valence-electron chi connectivity index (χ4n) is 3.79. The van der Waals surface area contributed by atoms with Gasteiger partial charge < -0.3 is 14.8 Å². The number of benzene rings is 2. The van der Waals surface area contributed by atoms with Gasteiger partial charge in [0.05, 0.1) is 30.2 Å². The van der Waals surface area contributed by atoms with Crippen molar-refractivity contribution in [2.75, 3.05) is 24.3 Å². The third-order valence-electron chi connectivity index (χ3n) is 5.79. The molecule has 0 aliphatic heterocycles. The van der Waals surface area contributed by atoms with Gasteiger partial charge in [-0.15, -0.1) is 0 Å². The second-order valence-corrected chi connectivity index (χ2v) is 11.6. The van der Waals surface area contributed by atoms with Gasteiger partial charge in [0.1, 0.15) is 23.1 Å². The van der Waals surface area contributed by atoms with Crippen LogP contribution in [0, 0.1) is 9.39 Å². The first kappa shape index (κ1) is 25.6. The minimum Gasteiger partial charge on any atom is -0.495 e. The van der Waals surface area contributed by atoms with Gasteiger partial charge >= 0.3 is 0 Å². The molecule has 1 aliphatic rings. The van der Waals surface area contributed by atoms with E-state index in [0.717, 1.165) is 5.56 Å². The normalized spacial score (nSPS) is 17.1. The zero-order valence-corrected chi connectivity index (χ0v) is 22.7. The van der Waals surface area contributed by atoms with Crippen LogP contribution in [0.15, 0.2) is 47.3 Å². The molecule has 2 N–H and O–H groups in total. The second-order valence-electron chi connectivity index (χ2n) is 8.00. The van der Waals surface area contributed by atoms with E-state index in [-0.39, 0.29) is 28.9 Å². The molecule has 12 heteroatoms. The number of ether oxygens (including phenoxy) is 2. The van der Waals surface area contributed by atoms with Gasteiger partial charge in [-0.05, 0) is 64.9 Å². The molecule has 2 aromatic carbocycles. The summed E-state index contributed by atoms with van der Waals surface area (Å²) in [7, 11) is 0.348. The number of nitrogens with one attached hydrogen (secondary N) is 2. The van der Waals surface area contributed by atoms with E-state index in [1.807, 2.05) is 22.6 Å². The average Bonchev–Trinajstić information content (AvgIpc) is 3.62. The minimum atomic E-state index is -3.92. The lowest BCUT2D eigenvalue weighted by Crippen LogP contribution is -2.25. The van der Waals surface area contributed by atoms with Gasteiger partial charge in [0.25, 0.3) is 5.56 Å². The first-order valence-electron chi connectivity index (χ1n) is 10.4. The number of aromatic nitrogens is 1. The van der Waals surface area contributed by atoms with Crippen molar-refractivity contribution in [1.29, 1.82) is 0 Å². The number of pyridine rings is 1. The number of methoxy groups -OCH3 is 2. The number of nitrogens with zero attached hydrogens (tertiary/aromatic N) is 1. The Hall–Kier alpha value is -2.51. The van der Waals surface area contributed by atoms with Crippen molar-refractivity contribution >= 4 is 61.4 Å². The number of rotatable bonds is 8. The molecule has 4 rings (SSSR count). The van der Waals surface area contributed by atoms with Crippen LogP contribution < -0.4 is 25.1 Å². The molecule has 1 heterocycles. The van der Waals surface area contributed by atoms with E-state index >= 15 is 0 Å². The van der Waals surface area contributed by atoms with Gasteiger partial charge in [-0.25, -0.2) is 12.8 Å². The van der Waals surface area contributed by atoms with Gasteiger partial charge in [-0.2, -0.15) is 0 Å². The van der Waals surface area contributed by atoms with Crippen LogP contribution in [0.2, 0.25) is 5.02 Å². The summed E-state index contributed by atoms with van der Waals surface area (Å²) in [5.74, 6) is -0.299. The number of hydrogen-bond donors (Lipinski definition) is 2. The highest BCUT2D eigenvalue weighted by Gasteiger charge is 2.49. The lowest BCUT2D eigenvalue weighted by atomic mass is 10.1. The maximum atomic E-state index is 14.5. The van der Waals surface area contributed by atoms with Crippen LogP contribution in [0.1, 0.15) is 17.9 Å². The van der Waals surface area contributed by atoms with Crippen LogP contribution in [0.25, 0.3) is 0 Å². The Morgan fingerprint density at radius 3 is 2.49 bits per heavy atom. The van der Waals surface area contributed by atoms with Crippen LogP contribution >= 0.6 is 34.2 Å². The monoisotopic (exact) mass is 633 g/mol. The van der Waals surface area contributed by atoms with Gasteiger partial charge in [-0.1, -0.05) is 17.7 Å². The molecule has 3 aromatic rings. The van der Waals surface area contributed by atoms with Crippen LogP contribution in [0.3, 0.4) is 0 Å². The third kappa shape index (κ3) is 5.21. The zero-order chi connectivity index (χ0) is 25.5. The summed E-state index contributed by atoms with van der Waals surface area (Å²) in [6.45, 7) is 0. The molecule has 186 valence electrons. The summed E-state index contributed by atoms with van der Waals surface area (Å²) >= 11 is 8.07. The molecule has 35 heavy (non-hydrogen) atoms. The standard InChI is InChI=1S/C23H22ClFIN3O5S/c1-29-21(30)11-19(34-3)22(23(29)27-17-7-5-13(26)9-16(17)25)28-35(31,32)20-10-14(20)12-4-6-15(24)18(8-12)33-2/h4-9,11,14,20,27-28H,10H2,1-3H3. The Balaban J connectivity index is 1.69. The first-order valence-corrected chi connectivity index (χ1v) is 13.4. The van der Waals surface area contributed by atoms with Gasteiger partial charge in [0.2, 0.25) is 10.0 Å². The van der Waals surface area contributed by atoms with E-state index in [0.29, 0.717) is 20.8 Å². The van der Waals surface area contributed by atoms with Crippen LogP contribution in [0.5, 0.6) is 11.5 Å². The van der Waals surface area contributed by atoms with Gasteiger partial charge in [0.15, 0.2) is 5.75 Å². The molecule has 0 spiro atoms. The molecule has 1 aliphatic carbocycles. The minimum absolute atomic E-state index is 0.00638. The van der Waals surface area contributed by atoms with Crippen molar-refractivity contribution in [3.8, 4) is 11.5 Å². The van der Waals surface area contributed by atoms with E-state index in [2.05, 4.69) is 10.0 Å². The average molecular weight is 634 g/mol. The third-order valence-corrected chi connectivity index (χ3v) is 8.58. The van der Waals surface area contributed by atoms with Crippen LogP contribution in [-0.2, 0) is 17.1 Å². The Kier molecular flexibility index (Phi) is 7.21.